The van der Waals surface area contributed by atoms with E-state index in [0.29, 0.717) is 24.3 Å². The minimum atomic E-state index is -1.47. The van der Waals surface area contributed by atoms with E-state index < -0.39 is 53.1 Å². The van der Waals surface area contributed by atoms with E-state index in [1.807, 2.05) is 0 Å². The van der Waals surface area contributed by atoms with Gasteiger partial charge in [-0.1, -0.05) is 0 Å². The first-order valence-electron chi connectivity index (χ1n) is 9.32. The summed E-state index contributed by atoms with van der Waals surface area (Å²) in [5.41, 5.74) is -0.701. The maximum atomic E-state index is 14.0. The summed E-state index contributed by atoms with van der Waals surface area (Å²) in [6.07, 6.45) is -0.464. The summed E-state index contributed by atoms with van der Waals surface area (Å²) >= 11 is 0. The predicted octanol–water partition coefficient (Wildman–Crippen LogP) is -1.06. The lowest BCUT2D eigenvalue weighted by Gasteiger charge is -2.27. The molecule has 150 valence electrons. The van der Waals surface area contributed by atoms with Crippen molar-refractivity contribution in [2.75, 3.05) is 25.6 Å². The number of imide groups is 1. The lowest BCUT2D eigenvalue weighted by molar-refractivity contribution is -0.738. The van der Waals surface area contributed by atoms with Crippen molar-refractivity contribution in [2.24, 2.45) is 11.8 Å². The molecule has 1 aromatic rings. The Kier molecular flexibility index (Phi) is 4.48. The molecule has 28 heavy (non-hydrogen) atoms. The van der Waals surface area contributed by atoms with Crippen molar-refractivity contribution in [1.29, 1.82) is 0 Å². The van der Waals surface area contributed by atoms with Crippen LogP contribution in [0.2, 0.25) is 0 Å². The van der Waals surface area contributed by atoms with Crippen LogP contribution in [-0.2, 0) is 24.7 Å². The van der Waals surface area contributed by atoms with Crippen LogP contribution in [0.4, 0.5) is 10.1 Å². The molecule has 8 nitrogen and oxygen atoms in total. The third-order valence-corrected chi connectivity index (χ3v) is 6.14. The highest BCUT2D eigenvalue weighted by Gasteiger charge is 2.74. The van der Waals surface area contributed by atoms with Gasteiger partial charge in [-0.2, -0.15) is 0 Å². The molecule has 2 fully saturated rings. The Balaban J connectivity index is 1.81. The van der Waals surface area contributed by atoms with Gasteiger partial charge in [0.05, 0.1) is 5.69 Å². The number of nitrogens with zero attached hydrogens (tertiary/aromatic N) is 1. The second-order valence-electron chi connectivity index (χ2n) is 7.68. The molecule has 0 unspecified atom stereocenters. The van der Waals surface area contributed by atoms with Crippen LogP contribution in [0.3, 0.4) is 0 Å². The van der Waals surface area contributed by atoms with Gasteiger partial charge in [0, 0.05) is 25.8 Å². The molecule has 5 atom stereocenters. The lowest BCUT2D eigenvalue weighted by Crippen LogP contribution is -3.00. The maximum absolute atomic E-state index is 14.0. The van der Waals surface area contributed by atoms with Crippen LogP contribution >= 0.6 is 0 Å². The second kappa shape index (κ2) is 6.61. The SMILES string of the molecule is COCCCN1C(=O)[C@@H]2[C@H]([C@H](C)O)[NH2+][C@]3(C(=O)Nc4ccc(F)cc43)[C@@H]2C1=O. The summed E-state index contributed by atoms with van der Waals surface area (Å²) in [6, 6.07) is 3.23. The van der Waals surface area contributed by atoms with Crippen molar-refractivity contribution in [2.45, 2.75) is 31.0 Å². The average Bonchev–Trinajstić information content (AvgIpc) is 3.23. The number of benzene rings is 1. The molecule has 0 radical (unpaired) electrons. The number of anilines is 1. The quantitative estimate of drug-likeness (QED) is 0.437. The van der Waals surface area contributed by atoms with E-state index in [4.69, 9.17) is 4.74 Å². The number of hydrogen-bond acceptors (Lipinski definition) is 5. The summed E-state index contributed by atoms with van der Waals surface area (Å²) in [6.45, 7) is 2.10. The number of halogens is 1. The fourth-order valence-electron chi connectivity index (χ4n) is 4.95. The Hall–Kier alpha value is -2.36. The molecule has 3 amide bonds. The number of carbonyl (C=O) groups is 3. The number of aliphatic hydroxyl groups excluding tert-OH is 1. The summed E-state index contributed by atoms with van der Waals surface area (Å²) < 4.78 is 19.0. The third-order valence-electron chi connectivity index (χ3n) is 6.14. The van der Waals surface area contributed by atoms with Crippen LogP contribution < -0.4 is 10.6 Å². The van der Waals surface area contributed by atoms with Crippen LogP contribution in [0.25, 0.3) is 0 Å². The zero-order valence-corrected chi connectivity index (χ0v) is 15.6. The summed E-state index contributed by atoms with van der Waals surface area (Å²) in [5, 5.41) is 14.6. The summed E-state index contributed by atoms with van der Waals surface area (Å²) in [4.78, 5) is 40.5. The topological polar surface area (TPSA) is 113 Å². The number of hydrogen-bond donors (Lipinski definition) is 3. The Morgan fingerprint density at radius 3 is 2.79 bits per heavy atom. The molecule has 3 aliphatic heterocycles. The highest BCUT2D eigenvalue weighted by molar-refractivity contribution is 6.13. The van der Waals surface area contributed by atoms with E-state index in [1.54, 1.807) is 5.32 Å². The molecule has 9 heteroatoms. The van der Waals surface area contributed by atoms with E-state index >= 15 is 0 Å². The first kappa shape index (κ1) is 19.0. The fraction of sp³-hybridized carbons (Fsp3) is 0.526. The number of fused-ring (bicyclic) bond motifs is 4. The highest BCUT2D eigenvalue weighted by Crippen LogP contribution is 2.49. The van der Waals surface area contributed by atoms with Crippen molar-refractivity contribution < 1.29 is 33.9 Å². The molecule has 3 aliphatic rings. The normalized spacial score (nSPS) is 32.1. The second-order valence-corrected chi connectivity index (χ2v) is 7.68. The molecule has 0 aromatic heterocycles. The first-order valence-corrected chi connectivity index (χ1v) is 9.32. The zero-order chi connectivity index (χ0) is 20.2. The Labute approximate surface area is 161 Å². The van der Waals surface area contributed by atoms with Crippen LogP contribution in [0.1, 0.15) is 18.9 Å². The number of nitrogens with two attached hydrogens (primary N) is 1. The van der Waals surface area contributed by atoms with Gasteiger partial charge in [-0.3, -0.25) is 19.3 Å². The standard InChI is InChI=1S/C19H22FN3O5/c1-9(24)15-13-14(17(26)23(16(13)25)6-3-7-28-2)19(22-15)11-8-10(20)4-5-12(11)21-18(19)27/h4-5,8-9,13-15,22,24H,3,6-7H2,1-2H3,(H,21,27)/p+1/t9-,13-,14-,15-,19-/m0/s1. The van der Waals surface area contributed by atoms with E-state index in [-0.39, 0.29) is 6.54 Å². The Bertz CT molecular complexity index is 860. The molecule has 0 aliphatic carbocycles. The molecular formula is C19H23FN3O5+. The fourth-order valence-corrected chi connectivity index (χ4v) is 4.95. The van der Waals surface area contributed by atoms with Crippen molar-refractivity contribution in [1.82, 2.24) is 4.90 Å². The summed E-state index contributed by atoms with van der Waals surface area (Å²) in [7, 11) is 1.53. The molecule has 1 aromatic carbocycles. The van der Waals surface area contributed by atoms with Gasteiger partial charge in [0.1, 0.15) is 29.8 Å². The lowest BCUT2D eigenvalue weighted by atomic mass is 9.76. The zero-order valence-electron chi connectivity index (χ0n) is 15.6. The first-order chi connectivity index (χ1) is 13.3. The van der Waals surface area contributed by atoms with E-state index in [9.17, 15) is 23.9 Å². The van der Waals surface area contributed by atoms with Crippen molar-refractivity contribution >= 4 is 23.4 Å². The van der Waals surface area contributed by atoms with Crippen molar-refractivity contribution in [3.05, 3.63) is 29.6 Å². The van der Waals surface area contributed by atoms with E-state index in [0.717, 1.165) is 4.90 Å². The van der Waals surface area contributed by atoms with Gasteiger partial charge in [0.2, 0.25) is 17.4 Å². The van der Waals surface area contributed by atoms with Crippen LogP contribution in [-0.4, -0.2) is 60.1 Å². The number of amides is 3. The van der Waals surface area contributed by atoms with Crippen LogP contribution in [0.15, 0.2) is 18.2 Å². The number of nitrogens with one attached hydrogen (secondary N) is 1. The summed E-state index contributed by atoms with van der Waals surface area (Å²) in [5.74, 6) is -3.71. The third kappa shape index (κ3) is 2.43. The molecule has 0 saturated carbocycles. The molecule has 2 saturated heterocycles. The predicted molar refractivity (Wildman–Crippen MR) is 94.3 cm³/mol. The van der Waals surface area contributed by atoms with Crippen molar-refractivity contribution in [3.8, 4) is 0 Å². The molecule has 0 bridgehead atoms. The number of carbonyl (C=O) groups excluding carboxylic acids is 3. The highest BCUT2D eigenvalue weighted by atomic mass is 19.1. The smallest absolute Gasteiger partial charge is 0.291 e. The molecule has 4 rings (SSSR count). The average molecular weight is 392 g/mol. The van der Waals surface area contributed by atoms with Gasteiger partial charge in [-0.25, -0.2) is 4.39 Å². The molecule has 4 N–H and O–H groups in total. The number of ether oxygens (including phenoxy) is 1. The number of likely N-dealkylation sites (tertiary alicyclic amines) is 1. The van der Waals surface area contributed by atoms with Gasteiger partial charge in [0.25, 0.3) is 5.91 Å². The molecular weight excluding hydrogens is 369 g/mol. The van der Waals surface area contributed by atoms with Gasteiger partial charge in [0.15, 0.2) is 0 Å². The van der Waals surface area contributed by atoms with Crippen LogP contribution in [0, 0.1) is 17.7 Å². The minimum Gasteiger partial charge on any atom is -0.387 e. The number of aliphatic hydroxyl groups is 1. The minimum absolute atomic E-state index is 0.179. The Morgan fingerprint density at radius 2 is 2.11 bits per heavy atom. The Morgan fingerprint density at radius 1 is 1.36 bits per heavy atom. The molecule has 1 spiro atoms. The van der Waals surface area contributed by atoms with Gasteiger partial charge >= 0.3 is 0 Å². The van der Waals surface area contributed by atoms with Gasteiger partial charge < -0.3 is 20.5 Å². The van der Waals surface area contributed by atoms with Gasteiger partial charge in [-0.05, 0) is 31.5 Å². The largest absolute Gasteiger partial charge is 0.387 e. The molecule has 3 heterocycles. The van der Waals surface area contributed by atoms with Crippen molar-refractivity contribution in [3.63, 3.8) is 0 Å². The maximum Gasteiger partial charge on any atom is 0.291 e. The van der Waals surface area contributed by atoms with E-state index in [2.05, 4.69) is 5.32 Å². The number of quaternary nitrogens is 1. The number of rotatable bonds is 5. The monoisotopic (exact) mass is 392 g/mol. The van der Waals surface area contributed by atoms with Gasteiger partial charge in [-0.15, -0.1) is 0 Å². The van der Waals surface area contributed by atoms with E-state index in [1.165, 1.54) is 32.2 Å². The number of methoxy groups -OCH3 is 1. The van der Waals surface area contributed by atoms with Crippen LogP contribution in [0.5, 0.6) is 0 Å².